The van der Waals surface area contributed by atoms with Crippen LogP contribution in [-0.4, -0.2) is 40.9 Å². The van der Waals surface area contributed by atoms with Gasteiger partial charge >= 0.3 is 6.03 Å². The molecule has 8 nitrogen and oxygen atoms in total. The maximum Gasteiger partial charge on any atom is 0.325 e. The Hall–Kier alpha value is -3.81. The minimum Gasteiger partial charge on any atom is -0.497 e. The van der Waals surface area contributed by atoms with E-state index in [1.54, 1.807) is 37.4 Å². The minimum atomic E-state index is -0.880. The summed E-state index contributed by atoms with van der Waals surface area (Å²) in [6, 6.07) is 13.2. The Bertz CT molecular complexity index is 1070. The highest BCUT2D eigenvalue weighted by Gasteiger charge is 2.38. The van der Waals surface area contributed by atoms with E-state index in [2.05, 4.69) is 15.6 Å². The number of hydrogen-bond donors (Lipinski definition) is 3. The van der Waals surface area contributed by atoms with Crippen LogP contribution in [0.25, 0.3) is 10.9 Å². The van der Waals surface area contributed by atoms with E-state index in [4.69, 9.17) is 4.74 Å². The van der Waals surface area contributed by atoms with E-state index in [0.717, 1.165) is 21.4 Å². The zero-order valence-electron chi connectivity index (χ0n) is 15.8. The second-order valence-electron chi connectivity index (χ2n) is 6.81. The second kappa shape index (κ2) is 7.67. The number of methoxy groups -OCH3 is 1. The topological polar surface area (TPSA) is 104 Å². The van der Waals surface area contributed by atoms with Gasteiger partial charge in [0.1, 0.15) is 11.8 Å². The van der Waals surface area contributed by atoms with E-state index in [0.29, 0.717) is 11.4 Å². The fourth-order valence-electron chi connectivity index (χ4n) is 3.30. The molecule has 1 aromatic heterocycles. The molecule has 148 valence electrons. The highest BCUT2D eigenvalue weighted by atomic mass is 16.5. The number of urea groups is 1. The van der Waals surface area contributed by atoms with Crippen LogP contribution in [0.1, 0.15) is 12.0 Å². The van der Waals surface area contributed by atoms with Crippen LogP contribution in [0, 0.1) is 0 Å². The van der Waals surface area contributed by atoms with Gasteiger partial charge in [0.25, 0.3) is 5.91 Å². The number of rotatable bonds is 6. The number of aromatic nitrogens is 1. The monoisotopic (exact) mass is 392 g/mol. The summed E-state index contributed by atoms with van der Waals surface area (Å²) in [4.78, 5) is 41.4. The largest absolute Gasteiger partial charge is 0.497 e. The Labute approximate surface area is 166 Å². The van der Waals surface area contributed by atoms with Crippen LogP contribution in [0.4, 0.5) is 10.5 Å². The van der Waals surface area contributed by atoms with Gasteiger partial charge in [0.05, 0.1) is 20.1 Å². The van der Waals surface area contributed by atoms with E-state index in [1.807, 2.05) is 24.4 Å². The molecule has 0 saturated carbocycles. The van der Waals surface area contributed by atoms with Gasteiger partial charge in [0.15, 0.2) is 0 Å². The normalized spacial score (nSPS) is 16.2. The van der Waals surface area contributed by atoms with Crippen molar-refractivity contribution in [2.75, 3.05) is 12.4 Å². The first kappa shape index (κ1) is 18.5. The smallest absolute Gasteiger partial charge is 0.325 e. The maximum absolute atomic E-state index is 12.6. The molecule has 2 aromatic carbocycles. The van der Waals surface area contributed by atoms with Gasteiger partial charge in [-0.05, 0) is 41.3 Å². The van der Waals surface area contributed by atoms with Gasteiger partial charge in [-0.15, -0.1) is 0 Å². The second-order valence-corrected chi connectivity index (χ2v) is 6.81. The Morgan fingerprint density at radius 2 is 1.93 bits per heavy atom. The average molecular weight is 392 g/mol. The molecule has 4 rings (SSSR count). The predicted molar refractivity (Wildman–Crippen MR) is 107 cm³/mol. The Morgan fingerprint density at radius 1 is 1.14 bits per heavy atom. The number of fused-ring (bicyclic) bond motifs is 1. The first-order valence-electron chi connectivity index (χ1n) is 9.15. The van der Waals surface area contributed by atoms with Crippen molar-refractivity contribution >= 4 is 34.4 Å². The molecule has 8 heteroatoms. The SMILES string of the molecule is COc1ccc(CN2C(=O)NC(CC(=O)Nc3ccc4cc[nH]c4c3)C2=O)cc1. The van der Waals surface area contributed by atoms with Crippen LogP contribution >= 0.6 is 0 Å². The third-order valence-corrected chi connectivity index (χ3v) is 4.84. The molecule has 1 aliphatic heterocycles. The van der Waals surface area contributed by atoms with Crippen LogP contribution in [0.3, 0.4) is 0 Å². The summed E-state index contributed by atoms with van der Waals surface area (Å²) >= 11 is 0. The molecule has 1 atom stereocenters. The van der Waals surface area contributed by atoms with Crippen LogP contribution < -0.4 is 15.4 Å². The molecule has 3 N–H and O–H groups in total. The maximum atomic E-state index is 12.6. The first-order chi connectivity index (χ1) is 14.0. The van der Waals surface area contributed by atoms with Gasteiger partial charge in [0, 0.05) is 17.4 Å². The number of carbonyl (C=O) groups excluding carboxylic acids is 3. The van der Waals surface area contributed by atoms with E-state index in [-0.39, 0.29) is 18.9 Å². The number of carbonyl (C=O) groups is 3. The summed E-state index contributed by atoms with van der Waals surface area (Å²) in [5.41, 5.74) is 2.31. The van der Waals surface area contributed by atoms with Crippen LogP contribution in [0.5, 0.6) is 5.75 Å². The molecule has 2 heterocycles. The van der Waals surface area contributed by atoms with Crippen molar-refractivity contribution in [1.29, 1.82) is 0 Å². The third kappa shape index (κ3) is 3.91. The van der Waals surface area contributed by atoms with Gasteiger partial charge in [0.2, 0.25) is 5.91 Å². The number of H-pyrrole nitrogens is 1. The third-order valence-electron chi connectivity index (χ3n) is 4.84. The summed E-state index contributed by atoms with van der Waals surface area (Å²) < 4.78 is 5.10. The first-order valence-corrected chi connectivity index (χ1v) is 9.15. The van der Waals surface area contributed by atoms with E-state index < -0.39 is 18.0 Å². The Morgan fingerprint density at radius 3 is 2.69 bits per heavy atom. The minimum absolute atomic E-state index is 0.132. The van der Waals surface area contributed by atoms with Crippen molar-refractivity contribution in [3.63, 3.8) is 0 Å². The molecule has 4 amide bonds. The molecule has 1 saturated heterocycles. The van der Waals surface area contributed by atoms with Gasteiger partial charge in [-0.25, -0.2) is 4.79 Å². The predicted octanol–water partition coefficient (Wildman–Crippen LogP) is 2.63. The van der Waals surface area contributed by atoms with Gasteiger partial charge in [-0.2, -0.15) is 0 Å². The molecule has 1 unspecified atom stereocenters. The van der Waals surface area contributed by atoms with Crippen molar-refractivity contribution in [2.45, 2.75) is 19.0 Å². The molecule has 0 radical (unpaired) electrons. The van der Waals surface area contributed by atoms with Gasteiger partial charge < -0.3 is 20.4 Å². The molecular formula is C21H20N4O4. The van der Waals surface area contributed by atoms with Crippen molar-refractivity contribution in [1.82, 2.24) is 15.2 Å². The highest BCUT2D eigenvalue weighted by molar-refractivity contribution is 6.07. The Balaban J connectivity index is 1.37. The molecule has 0 spiro atoms. The van der Waals surface area contributed by atoms with E-state index in [9.17, 15) is 14.4 Å². The number of nitrogens with zero attached hydrogens (tertiary/aromatic N) is 1. The summed E-state index contributed by atoms with van der Waals surface area (Å²) in [6.45, 7) is 0.135. The summed E-state index contributed by atoms with van der Waals surface area (Å²) in [7, 11) is 1.57. The molecule has 1 aliphatic rings. The lowest BCUT2D eigenvalue weighted by Gasteiger charge is -2.13. The molecular weight excluding hydrogens is 372 g/mol. The number of hydrogen-bond acceptors (Lipinski definition) is 4. The van der Waals surface area contributed by atoms with E-state index in [1.165, 1.54) is 0 Å². The number of ether oxygens (including phenoxy) is 1. The highest BCUT2D eigenvalue weighted by Crippen LogP contribution is 2.20. The molecule has 29 heavy (non-hydrogen) atoms. The summed E-state index contributed by atoms with van der Waals surface area (Å²) in [6.07, 6.45) is 1.69. The van der Waals surface area contributed by atoms with Gasteiger partial charge in [-0.3, -0.25) is 14.5 Å². The number of amides is 4. The molecule has 0 bridgehead atoms. The lowest BCUT2D eigenvalue weighted by molar-refractivity contribution is -0.130. The molecule has 0 aliphatic carbocycles. The van der Waals surface area contributed by atoms with Crippen LogP contribution in [-0.2, 0) is 16.1 Å². The number of imide groups is 1. The van der Waals surface area contributed by atoms with Crippen LogP contribution in [0.2, 0.25) is 0 Å². The Kier molecular flexibility index (Phi) is 4.90. The fourth-order valence-corrected chi connectivity index (χ4v) is 3.30. The molecule has 3 aromatic rings. The lowest BCUT2D eigenvalue weighted by atomic mass is 10.1. The number of anilines is 1. The number of nitrogens with one attached hydrogen (secondary N) is 3. The van der Waals surface area contributed by atoms with Gasteiger partial charge in [-0.1, -0.05) is 18.2 Å². The zero-order chi connectivity index (χ0) is 20.4. The lowest BCUT2D eigenvalue weighted by Crippen LogP contribution is -2.34. The van der Waals surface area contributed by atoms with Crippen molar-refractivity contribution in [2.24, 2.45) is 0 Å². The van der Waals surface area contributed by atoms with E-state index >= 15 is 0 Å². The van der Waals surface area contributed by atoms with Crippen molar-refractivity contribution in [3.05, 3.63) is 60.3 Å². The standard InChI is InChI=1S/C21H20N4O4/c1-29-16-6-2-13(3-7-16)12-25-20(27)18(24-21(25)28)11-19(26)23-15-5-4-14-8-9-22-17(14)10-15/h2-10,18,22H,11-12H2,1H3,(H,23,26)(H,24,28). The number of aromatic amines is 1. The van der Waals surface area contributed by atoms with Crippen molar-refractivity contribution < 1.29 is 19.1 Å². The zero-order valence-corrected chi connectivity index (χ0v) is 15.8. The quantitative estimate of drug-likeness (QED) is 0.561. The summed E-state index contributed by atoms with van der Waals surface area (Å²) in [5, 5.41) is 6.39. The molecule has 1 fully saturated rings. The van der Waals surface area contributed by atoms with Crippen molar-refractivity contribution in [3.8, 4) is 5.75 Å². The fraction of sp³-hybridized carbons (Fsp3) is 0.190. The number of benzene rings is 2. The summed E-state index contributed by atoms with van der Waals surface area (Å²) in [5.74, 6) is -0.0697. The van der Waals surface area contributed by atoms with Crippen LogP contribution in [0.15, 0.2) is 54.7 Å². The average Bonchev–Trinajstić information content (AvgIpc) is 3.28.